The molecule has 1 aliphatic carbocycles. The Hall–Kier alpha value is -1.36. The molecule has 0 bridgehead atoms. The normalized spacial score (nSPS) is 14.5. The van der Waals surface area contributed by atoms with Crippen molar-refractivity contribution in [2.45, 2.75) is 39.0 Å². The summed E-state index contributed by atoms with van der Waals surface area (Å²) in [6.07, 6.45) is 3.47. The first-order valence-electron chi connectivity index (χ1n) is 7.27. The van der Waals surface area contributed by atoms with Crippen LogP contribution in [0, 0.1) is 0 Å². The lowest BCUT2D eigenvalue weighted by molar-refractivity contribution is 0.302. The first-order valence-corrected chi connectivity index (χ1v) is 7.27. The van der Waals surface area contributed by atoms with Gasteiger partial charge in [-0.1, -0.05) is 6.92 Å². The van der Waals surface area contributed by atoms with E-state index in [0.29, 0.717) is 12.5 Å². The lowest BCUT2D eigenvalue weighted by Crippen LogP contribution is -2.27. The molecule has 106 valence electrons. The maximum absolute atomic E-state index is 9.13. The summed E-state index contributed by atoms with van der Waals surface area (Å²) in [6.45, 7) is 6.75. The Bertz CT molecular complexity index is 406. The van der Waals surface area contributed by atoms with Crippen LogP contribution in [-0.2, 0) is 0 Å². The van der Waals surface area contributed by atoms with E-state index in [1.54, 1.807) is 0 Å². The number of anilines is 2. The Morgan fingerprint density at radius 3 is 2.74 bits per heavy atom. The third-order valence-corrected chi connectivity index (χ3v) is 3.30. The number of aliphatic hydroxyl groups is 1. The molecule has 0 aliphatic heterocycles. The van der Waals surface area contributed by atoms with E-state index in [4.69, 9.17) is 5.11 Å². The minimum absolute atomic E-state index is 0.147. The van der Waals surface area contributed by atoms with Crippen LogP contribution in [0.25, 0.3) is 0 Å². The summed E-state index contributed by atoms with van der Waals surface area (Å²) in [5, 5.41) is 12.5. The molecule has 1 aromatic rings. The van der Waals surface area contributed by atoms with Crippen LogP contribution < -0.4 is 10.2 Å². The molecule has 1 aliphatic rings. The van der Waals surface area contributed by atoms with Crippen LogP contribution in [0.2, 0.25) is 0 Å². The van der Waals surface area contributed by atoms with E-state index in [1.807, 2.05) is 6.07 Å². The molecule has 0 amide bonds. The zero-order chi connectivity index (χ0) is 13.7. The number of likely N-dealkylation sites (N-methyl/N-ethyl adjacent to an activating group) is 1. The van der Waals surface area contributed by atoms with E-state index < -0.39 is 0 Å². The largest absolute Gasteiger partial charge is 0.395 e. The van der Waals surface area contributed by atoms with Crippen molar-refractivity contribution in [3.05, 3.63) is 11.9 Å². The zero-order valence-corrected chi connectivity index (χ0v) is 11.9. The average molecular weight is 264 g/mol. The van der Waals surface area contributed by atoms with Gasteiger partial charge in [-0.2, -0.15) is 0 Å². The lowest BCUT2D eigenvalue weighted by atomic mass is 10.3. The number of rotatable bonds is 8. The zero-order valence-electron chi connectivity index (χ0n) is 11.9. The first-order chi connectivity index (χ1) is 9.28. The highest BCUT2D eigenvalue weighted by Gasteiger charge is 2.27. The van der Waals surface area contributed by atoms with Crippen molar-refractivity contribution in [2.75, 3.05) is 36.5 Å². The molecule has 5 nitrogen and oxygen atoms in total. The second-order valence-electron chi connectivity index (χ2n) is 4.97. The van der Waals surface area contributed by atoms with Crippen LogP contribution in [0.4, 0.5) is 11.6 Å². The van der Waals surface area contributed by atoms with Crippen LogP contribution in [0.3, 0.4) is 0 Å². The number of hydrogen-bond acceptors (Lipinski definition) is 5. The van der Waals surface area contributed by atoms with Crippen LogP contribution in [0.15, 0.2) is 6.07 Å². The van der Waals surface area contributed by atoms with Gasteiger partial charge in [-0.15, -0.1) is 0 Å². The topological polar surface area (TPSA) is 61.3 Å². The second-order valence-corrected chi connectivity index (χ2v) is 4.97. The summed E-state index contributed by atoms with van der Waals surface area (Å²) in [6, 6.07) is 1.99. The molecule has 0 aromatic carbocycles. The molecule has 0 saturated heterocycles. The molecule has 0 unspecified atom stereocenters. The Labute approximate surface area is 115 Å². The Kier molecular flexibility index (Phi) is 4.96. The molecular weight excluding hydrogens is 240 g/mol. The van der Waals surface area contributed by atoms with Crippen molar-refractivity contribution in [2.24, 2.45) is 0 Å². The molecular formula is C14H24N4O. The molecule has 1 fully saturated rings. The van der Waals surface area contributed by atoms with Gasteiger partial charge < -0.3 is 15.3 Å². The van der Waals surface area contributed by atoms with Gasteiger partial charge in [-0.25, -0.2) is 9.97 Å². The smallest absolute Gasteiger partial charge is 0.136 e. The van der Waals surface area contributed by atoms with E-state index in [-0.39, 0.29) is 6.61 Å². The quantitative estimate of drug-likeness (QED) is 0.752. The SMILES string of the molecule is CCCNc1cc(N(CC)CCO)nc(C2CC2)n1. The van der Waals surface area contributed by atoms with Gasteiger partial charge in [0.05, 0.1) is 6.61 Å². The average Bonchev–Trinajstić information content (AvgIpc) is 3.26. The molecule has 5 heteroatoms. The predicted octanol–water partition coefficient (Wildman–Crippen LogP) is 1.99. The Morgan fingerprint density at radius 1 is 1.37 bits per heavy atom. The lowest BCUT2D eigenvalue weighted by Gasteiger charge is -2.22. The van der Waals surface area contributed by atoms with Crippen LogP contribution >= 0.6 is 0 Å². The summed E-state index contributed by atoms with van der Waals surface area (Å²) in [5.41, 5.74) is 0. The summed E-state index contributed by atoms with van der Waals surface area (Å²) in [5.74, 6) is 3.32. The molecule has 1 heterocycles. The highest BCUT2D eigenvalue weighted by molar-refractivity contribution is 5.50. The van der Waals surface area contributed by atoms with Gasteiger partial charge in [0.15, 0.2) is 0 Å². The molecule has 2 N–H and O–H groups in total. The number of hydrogen-bond donors (Lipinski definition) is 2. The Morgan fingerprint density at radius 2 is 2.16 bits per heavy atom. The van der Waals surface area contributed by atoms with Gasteiger partial charge in [0, 0.05) is 31.6 Å². The van der Waals surface area contributed by atoms with Crippen molar-refractivity contribution >= 4 is 11.6 Å². The maximum atomic E-state index is 9.13. The highest BCUT2D eigenvalue weighted by Crippen LogP contribution is 2.39. The Balaban J connectivity index is 2.21. The third kappa shape index (κ3) is 3.80. The van der Waals surface area contributed by atoms with Gasteiger partial charge in [0.25, 0.3) is 0 Å². The predicted molar refractivity (Wildman–Crippen MR) is 77.8 cm³/mol. The van der Waals surface area contributed by atoms with E-state index >= 15 is 0 Å². The number of nitrogens with zero attached hydrogens (tertiary/aromatic N) is 3. The van der Waals surface area contributed by atoms with Gasteiger partial charge in [0.1, 0.15) is 17.5 Å². The second kappa shape index (κ2) is 6.70. The number of nitrogens with one attached hydrogen (secondary N) is 1. The fourth-order valence-corrected chi connectivity index (χ4v) is 2.04. The monoisotopic (exact) mass is 264 g/mol. The summed E-state index contributed by atoms with van der Waals surface area (Å²) < 4.78 is 0. The van der Waals surface area contributed by atoms with E-state index in [2.05, 4.69) is 34.0 Å². The molecule has 0 radical (unpaired) electrons. The maximum Gasteiger partial charge on any atom is 0.136 e. The minimum atomic E-state index is 0.147. The standard InChI is InChI=1S/C14H24N4O/c1-3-7-15-12-10-13(18(4-2)8-9-19)17-14(16-12)11-5-6-11/h10-11,19H,3-9H2,1-2H3,(H,15,16,17). The van der Waals surface area contributed by atoms with Crippen molar-refractivity contribution in [3.63, 3.8) is 0 Å². The number of aliphatic hydroxyl groups excluding tert-OH is 1. The van der Waals surface area contributed by atoms with Crippen LogP contribution in [-0.4, -0.2) is 41.3 Å². The molecule has 0 spiro atoms. The molecule has 1 aromatic heterocycles. The van der Waals surface area contributed by atoms with Gasteiger partial charge >= 0.3 is 0 Å². The third-order valence-electron chi connectivity index (χ3n) is 3.30. The number of aromatic nitrogens is 2. The molecule has 0 atom stereocenters. The van der Waals surface area contributed by atoms with Crippen molar-refractivity contribution in [3.8, 4) is 0 Å². The van der Waals surface area contributed by atoms with E-state index in [9.17, 15) is 0 Å². The minimum Gasteiger partial charge on any atom is -0.395 e. The fraction of sp³-hybridized carbons (Fsp3) is 0.714. The molecule has 2 rings (SSSR count). The first kappa shape index (κ1) is 14.1. The van der Waals surface area contributed by atoms with Gasteiger partial charge in [-0.3, -0.25) is 0 Å². The van der Waals surface area contributed by atoms with Crippen molar-refractivity contribution in [1.82, 2.24) is 9.97 Å². The van der Waals surface area contributed by atoms with Gasteiger partial charge in [0.2, 0.25) is 0 Å². The summed E-state index contributed by atoms with van der Waals surface area (Å²) in [4.78, 5) is 11.3. The van der Waals surface area contributed by atoms with E-state index in [1.165, 1.54) is 12.8 Å². The summed E-state index contributed by atoms with van der Waals surface area (Å²) in [7, 11) is 0. The van der Waals surface area contributed by atoms with Crippen LogP contribution in [0.1, 0.15) is 44.9 Å². The van der Waals surface area contributed by atoms with Crippen LogP contribution in [0.5, 0.6) is 0 Å². The van der Waals surface area contributed by atoms with Crippen molar-refractivity contribution in [1.29, 1.82) is 0 Å². The summed E-state index contributed by atoms with van der Waals surface area (Å²) >= 11 is 0. The molecule has 1 saturated carbocycles. The fourth-order valence-electron chi connectivity index (χ4n) is 2.04. The molecule has 19 heavy (non-hydrogen) atoms. The van der Waals surface area contributed by atoms with Gasteiger partial charge in [-0.05, 0) is 26.2 Å². The van der Waals surface area contributed by atoms with E-state index in [0.717, 1.165) is 37.0 Å². The van der Waals surface area contributed by atoms with Crippen molar-refractivity contribution < 1.29 is 5.11 Å². The highest BCUT2D eigenvalue weighted by atomic mass is 16.3.